The molecule has 1 saturated heterocycles. The van der Waals surface area contributed by atoms with E-state index < -0.39 is 11.0 Å². The Kier molecular flexibility index (Phi) is 8.09. The van der Waals surface area contributed by atoms with Crippen LogP contribution in [0.25, 0.3) is 6.08 Å². The monoisotopic (exact) mass is 611 g/mol. The van der Waals surface area contributed by atoms with Crippen molar-refractivity contribution in [2.24, 2.45) is 4.99 Å². The number of allylic oxidation sites excluding steroid dienone is 1. The number of benzene rings is 3. The number of hydrogen-bond donors (Lipinski definition) is 1. The van der Waals surface area contributed by atoms with Crippen molar-refractivity contribution < 1.29 is 19.2 Å². The van der Waals surface area contributed by atoms with E-state index in [1.165, 1.54) is 28.0 Å². The highest BCUT2D eigenvalue weighted by molar-refractivity contribution is 7.07. The second-order valence-electron chi connectivity index (χ2n) is 10.3. The smallest absolute Gasteiger partial charge is 0.271 e. The summed E-state index contributed by atoms with van der Waals surface area (Å²) in [5.74, 6) is 0.263. The molecule has 224 valence electrons. The normalized spacial score (nSPS) is 16.7. The quantitative estimate of drug-likeness (QED) is 0.250. The number of methoxy groups -OCH3 is 1. The topological polar surface area (TPSA) is 128 Å². The summed E-state index contributed by atoms with van der Waals surface area (Å²) < 4.78 is 12.7. The van der Waals surface area contributed by atoms with Crippen LogP contribution in [0, 0.1) is 10.1 Å². The average Bonchev–Trinajstić information content (AvgIpc) is 3.34. The minimum absolute atomic E-state index is 0.0761. The Balaban J connectivity index is 1.51. The molecule has 3 heterocycles. The van der Waals surface area contributed by atoms with E-state index in [9.17, 15) is 19.7 Å². The lowest BCUT2D eigenvalue weighted by atomic mass is 9.95. The molecule has 2 aliphatic rings. The van der Waals surface area contributed by atoms with Gasteiger partial charge in [0.1, 0.15) is 5.75 Å². The standard InChI is InChI=1S/C32H29N5O6S/c1-20-28(30(38)34-23-6-4-3-5-7-23)29(21-8-11-25(42-2)12-9-21)36-31(39)27(44-32(36)33-20)19-22-18-24(37(40)41)10-13-26(22)35-14-16-43-17-15-35/h3-13,18-19,29H,14-17H2,1-2H3,(H,34,38)/b27-19+/t29-/m1/s1. The molecule has 6 rings (SSSR count). The van der Waals surface area contributed by atoms with Crippen molar-refractivity contribution in [2.45, 2.75) is 13.0 Å². The van der Waals surface area contributed by atoms with Crippen molar-refractivity contribution in [1.82, 2.24) is 4.57 Å². The van der Waals surface area contributed by atoms with Crippen LogP contribution in [0.5, 0.6) is 5.75 Å². The zero-order valence-electron chi connectivity index (χ0n) is 24.1. The first kappa shape index (κ1) is 29.0. The number of nitrogens with zero attached hydrogens (tertiary/aromatic N) is 4. The molecule has 44 heavy (non-hydrogen) atoms. The van der Waals surface area contributed by atoms with E-state index in [-0.39, 0.29) is 17.2 Å². The van der Waals surface area contributed by atoms with Crippen LogP contribution in [-0.4, -0.2) is 48.8 Å². The molecule has 3 aromatic carbocycles. The fourth-order valence-electron chi connectivity index (χ4n) is 5.44. The number of rotatable bonds is 7. The zero-order valence-corrected chi connectivity index (χ0v) is 24.9. The second kappa shape index (κ2) is 12.3. The molecule has 2 aliphatic heterocycles. The van der Waals surface area contributed by atoms with E-state index in [0.717, 1.165) is 5.69 Å². The first-order valence-electron chi connectivity index (χ1n) is 14.0. The molecule has 1 amide bonds. The van der Waals surface area contributed by atoms with Crippen LogP contribution in [0.1, 0.15) is 24.1 Å². The first-order valence-corrected chi connectivity index (χ1v) is 14.8. The molecule has 1 fully saturated rings. The molecule has 0 unspecified atom stereocenters. The van der Waals surface area contributed by atoms with Gasteiger partial charge < -0.3 is 19.7 Å². The van der Waals surface area contributed by atoms with Gasteiger partial charge in [0.15, 0.2) is 4.80 Å². The van der Waals surface area contributed by atoms with Gasteiger partial charge in [-0.2, -0.15) is 0 Å². The number of amides is 1. The molecular weight excluding hydrogens is 582 g/mol. The van der Waals surface area contributed by atoms with Crippen LogP contribution in [0.2, 0.25) is 0 Å². The Bertz CT molecular complexity index is 1940. The number of para-hydroxylation sites is 1. The second-order valence-corrected chi connectivity index (χ2v) is 11.3. The van der Waals surface area contributed by atoms with Crippen LogP contribution >= 0.6 is 11.3 Å². The van der Waals surface area contributed by atoms with Gasteiger partial charge >= 0.3 is 0 Å². The van der Waals surface area contributed by atoms with Crippen molar-refractivity contribution in [3.63, 3.8) is 0 Å². The maximum Gasteiger partial charge on any atom is 0.271 e. The summed E-state index contributed by atoms with van der Waals surface area (Å²) in [5, 5.41) is 14.6. The number of hydrogen-bond acceptors (Lipinski definition) is 9. The van der Waals surface area contributed by atoms with Gasteiger partial charge in [0.05, 0.1) is 47.1 Å². The minimum Gasteiger partial charge on any atom is -0.497 e. The van der Waals surface area contributed by atoms with Crippen LogP contribution in [0.4, 0.5) is 17.1 Å². The van der Waals surface area contributed by atoms with Gasteiger partial charge in [-0.15, -0.1) is 0 Å². The van der Waals surface area contributed by atoms with E-state index in [1.54, 1.807) is 50.4 Å². The van der Waals surface area contributed by atoms with Crippen molar-refractivity contribution in [2.75, 3.05) is 43.6 Å². The molecule has 11 nitrogen and oxygen atoms in total. The molecular formula is C32H29N5O6S. The van der Waals surface area contributed by atoms with Gasteiger partial charge in [0.2, 0.25) is 0 Å². The number of morpholine rings is 1. The lowest BCUT2D eigenvalue weighted by Crippen LogP contribution is -2.40. The first-order chi connectivity index (χ1) is 21.3. The molecule has 4 aromatic rings. The van der Waals surface area contributed by atoms with Crippen molar-refractivity contribution >= 4 is 40.4 Å². The predicted octanol–water partition coefficient (Wildman–Crippen LogP) is 3.63. The highest BCUT2D eigenvalue weighted by Crippen LogP contribution is 2.32. The van der Waals surface area contributed by atoms with Gasteiger partial charge in [-0.05, 0) is 48.9 Å². The lowest BCUT2D eigenvalue weighted by molar-refractivity contribution is -0.384. The lowest BCUT2D eigenvalue weighted by Gasteiger charge is -2.30. The van der Waals surface area contributed by atoms with E-state index >= 15 is 0 Å². The van der Waals surface area contributed by atoms with E-state index in [2.05, 4.69) is 10.2 Å². The Labute approximate surface area is 256 Å². The van der Waals surface area contributed by atoms with Crippen molar-refractivity contribution in [3.8, 4) is 5.75 Å². The summed E-state index contributed by atoms with van der Waals surface area (Å²) in [7, 11) is 1.57. The van der Waals surface area contributed by atoms with Crippen LogP contribution in [0.3, 0.4) is 0 Å². The molecule has 1 aromatic heterocycles. The predicted molar refractivity (Wildman–Crippen MR) is 168 cm³/mol. The summed E-state index contributed by atoms with van der Waals surface area (Å²) in [4.78, 5) is 46.4. The molecule has 12 heteroatoms. The average molecular weight is 612 g/mol. The maximum absolute atomic E-state index is 14.2. The number of ether oxygens (including phenoxy) is 2. The minimum atomic E-state index is -0.771. The SMILES string of the molecule is COc1ccc([C@@H]2C(C(=O)Nc3ccccc3)=C(C)N=c3s/c(=C/c4cc([N+](=O)[O-])ccc4N4CCOCC4)c(=O)n32)cc1. The van der Waals surface area contributed by atoms with E-state index in [0.29, 0.717) is 69.5 Å². The van der Waals surface area contributed by atoms with Gasteiger partial charge in [0.25, 0.3) is 17.2 Å². The summed E-state index contributed by atoms with van der Waals surface area (Å²) in [6.45, 7) is 4.07. The van der Waals surface area contributed by atoms with Crippen molar-refractivity contribution in [1.29, 1.82) is 0 Å². The fraction of sp³-hybridized carbons (Fsp3) is 0.219. The van der Waals surface area contributed by atoms with Gasteiger partial charge in [-0.25, -0.2) is 4.99 Å². The number of fused-ring (bicyclic) bond motifs is 1. The van der Waals surface area contributed by atoms with Gasteiger partial charge in [0, 0.05) is 42.2 Å². The van der Waals surface area contributed by atoms with E-state index in [1.807, 2.05) is 30.3 Å². The van der Waals surface area contributed by atoms with Gasteiger partial charge in [-0.1, -0.05) is 41.7 Å². The molecule has 0 saturated carbocycles. The number of carbonyl (C=O) groups is 1. The number of carbonyl (C=O) groups excluding carboxylic acids is 1. The molecule has 1 atom stereocenters. The third-order valence-corrected chi connectivity index (χ3v) is 8.57. The zero-order chi connectivity index (χ0) is 30.8. The Morgan fingerprint density at radius 3 is 2.52 bits per heavy atom. The summed E-state index contributed by atoms with van der Waals surface area (Å²) in [6, 6.07) is 20.2. The maximum atomic E-state index is 14.2. The Morgan fingerprint density at radius 1 is 1.11 bits per heavy atom. The largest absolute Gasteiger partial charge is 0.497 e. The molecule has 0 spiro atoms. The number of anilines is 2. The number of nitrogens with one attached hydrogen (secondary N) is 1. The summed E-state index contributed by atoms with van der Waals surface area (Å²) in [6.07, 6.45) is 1.68. The third kappa shape index (κ3) is 5.64. The molecule has 0 aliphatic carbocycles. The molecule has 0 bridgehead atoms. The number of aromatic nitrogens is 1. The Hall–Kier alpha value is -5.07. The van der Waals surface area contributed by atoms with Crippen LogP contribution in [-0.2, 0) is 9.53 Å². The number of thiazole rings is 1. The van der Waals surface area contributed by atoms with Crippen LogP contribution < -0.4 is 29.8 Å². The molecule has 1 N–H and O–H groups in total. The third-order valence-electron chi connectivity index (χ3n) is 7.59. The number of nitro groups is 1. The number of non-ortho nitro benzene ring substituents is 1. The van der Waals surface area contributed by atoms with Gasteiger partial charge in [-0.3, -0.25) is 24.3 Å². The Morgan fingerprint density at radius 2 is 1.84 bits per heavy atom. The van der Waals surface area contributed by atoms with E-state index in [4.69, 9.17) is 14.5 Å². The highest BCUT2D eigenvalue weighted by Gasteiger charge is 2.32. The summed E-state index contributed by atoms with van der Waals surface area (Å²) >= 11 is 1.18. The van der Waals surface area contributed by atoms with Crippen molar-refractivity contribution in [3.05, 3.63) is 125 Å². The summed E-state index contributed by atoms with van der Waals surface area (Å²) in [5.41, 5.74) is 3.03. The fourth-order valence-corrected chi connectivity index (χ4v) is 6.48. The number of nitro benzene ring substituents is 1. The highest BCUT2D eigenvalue weighted by atomic mass is 32.1. The molecule has 0 radical (unpaired) electrons. The van der Waals surface area contributed by atoms with Crippen LogP contribution in [0.15, 0.2) is 93.9 Å².